The summed E-state index contributed by atoms with van der Waals surface area (Å²) in [5.41, 5.74) is -0.744. The van der Waals surface area contributed by atoms with Gasteiger partial charge in [0.1, 0.15) is 0 Å². The van der Waals surface area contributed by atoms with Crippen LogP contribution in [-0.4, -0.2) is 33.1 Å². The molecule has 4 atom stereocenters. The van der Waals surface area contributed by atoms with Crippen LogP contribution in [0.25, 0.3) is 0 Å². The maximum Gasteiger partial charge on any atom is 0.0677 e. The van der Waals surface area contributed by atoms with E-state index in [0.717, 1.165) is 12.8 Å². The number of rotatable bonds is 0. The third kappa shape index (κ3) is 2.19. The first-order valence-electron chi connectivity index (χ1n) is 5.90. The van der Waals surface area contributed by atoms with Crippen molar-refractivity contribution < 1.29 is 15.3 Å². The molecule has 3 rings (SSSR count). The van der Waals surface area contributed by atoms with E-state index in [2.05, 4.69) is 13.8 Å². The molecule has 4 unspecified atom stereocenters. The van der Waals surface area contributed by atoms with Gasteiger partial charge in [-0.3, -0.25) is 0 Å². The molecule has 0 aromatic rings. The Balaban J connectivity index is 2.25. The lowest BCUT2D eigenvalue weighted by atomic mass is 9.62. The Morgan fingerprint density at radius 2 is 1.67 bits per heavy atom. The highest BCUT2D eigenvalue weighted by Gasteiger charge is 2.47. The summed E-state index contributed by atoms with van der Waals surface area (Å²) in [6.45, 7) is 4.17. The van der Waals surface area contributed by atoms with Gasteiger partial charge < -0.3 is 15.3 Å². The number of aliphatic hydroxyl groups is 3. The van der Waals surface area contributed by atoms with E-state index in [9.17, 15) is 15.3 Å². The van der Waals surface area contributed by atoms with Gasteiger partial charge in [0.05, 0.1) is 17.8 Å². The molecule has 0 radical (unpaired) electrons. The molecule has 2 bridgehead atoms. The molecule has 3 fully saturated rings. The molecule has 3 aliphatic rings. The molecule has 0 saturated heterocycles. The minimum atomic E-state index is -0.709. The summed E-state index contributed by atoms with van der Waals surface area (Å²) in [7, 11) is 0. The fourth-order valence-corrected chi connectivity index (χ4v) is 3.56. The summed E-state index contributed by atoms with van der Waals surface area (Å²) >= 11 is 0. The maximum atomic E-state index is 10.4. The first-order chi connectivity index (χ1) is 6.81. The Kier molecular flexibility index (Phi) is 2.61. The van der Waals surface area contributed by atoms with E-state index < -0.39 is 17.8 Å². The molecule has 88 valence electrons. The quantitative estimate of drug-likeness (QED) is 0.565. The van der Waals surface area contributed by atoms with Crippen LogP contribution in [0.4, 0.5) is 0 Å². The van der Waals surface area contributed by atoms with E-state index in [4.69, 9.17) is 0 Å². The Labute approximate surface area is 91.1 Å². The van der Waals surface area contributed by atoms with Gasteiger partial charge >= 0.3 is 0 Å². The first kappa shape index (κ1) is 11.4. The highest BCUT2D eigenvalue weighted by atomic mass is 16.3. The second-order valence-corrected chi connectivity index (χ2v) is 6.31. The third-order valence-corrected chi connectivity index (χ3v) is 4.09. The van der Waals surface area contributed by atoms with Crippen molar-refractivity contribution in [3.63, 3.8) is 0 Å². The molecule has 0 aromatic carbocycles. The van der Waals surface area contributed by atoms with Crippen LogP contribution in [0.15, 0.2) is 0 Å². The Hall–Kier alpha value is -0.120. The van der Waals surface area contributed by atoms with E-state index in [1.165, 1.54) is 0 Å². The van der Waals surface area contributed by atoms with Crippen molar-refractivity contribution in [2.24, 2.45) is 11.3 Å². The van der Waals surface area contributed by atoms with E-state index in [1.807, 2.05) is 0 Å². The van der Waals surface area contributed by atoms with Crippen LogP contribution in [-0.2, 0) is 0 Å². The minimum absolute atomic E-state index is 0.0347. The Morgan fingerprint density at radius 1 is 1.07 bits per heavy atom. The van der Waals surface area contributed by atoms with Crippen molar-refractivity contribution >= 4 is 0 Å². The fraction of sp³-hybridized carbons (Fsp3) is 1.00. The molecule has 0 spiro atoms. The summed E-state index contributed by atoms with van der Waals surface area (Å²) in [4.78, 5) is 0. The van der Waals surface area contributed by atoms with E-state index >= 15 is 0 Å². The number of fused-ring (bicyclic) bond motifs is 5. The van der Waals surface area contributed by atoms with E-state index in [1.54, 1.807) is 0 Å². The molecule has 3 saturated carbocycles. The van der Waals surface area contributed by atoms with Gasteiger partial charge in [0.2, 0.25) is 0 Å². The van der Waals surface area contributed by atoms with Crippen molar-refractivity contribution in [3.8, 4) is 0 Å². The van der Waals surface area contributed by atoms with Crippen molar-refractivity contribution in [1.29, 1.82) is 0 Å². The molecule has 0 heterocycles. The van der Waals surface area contributed by atoms with Gasteiger partial charge in [0.15, 0.2) is 0 Å². The lowest BCUT2D eigenvalue weighted by Gasteiger charge is -2.48. The fourth-order valence-electron chi connectivity index (χ4n) is 3.56. The van der Waals surface area contributed by atoms with E-state index in [0.29, 0.717) is 19.3 Å². The average Bonchev–Trinajstić information content (AvgIpc) is 1.97. The standard InChI is InChI=1S/C12H22O3/c1-11(2)5-9(13)8-3-4-12(15,7-11)6-10(8)14/h8-10,13-15H,3-7H2,1-2H3. The van der Waals surface area contributed by atoms with Crippen LogP contribution in [0, 0.1) is 11.3 Å². The zero-order chi connectivity index (χ0) is 11.3. The molecule has 3 aliphatic carbocycles. The van der Waals surface area contributed by atoms with Gasteiger partial charge in [-0.2, -0.15) is 0 Å². The summed E-state index contributed by atoms with van der Waals surface area (Å²) < 4.78 is 0. The molecule has 3 heteroatoms. The molecule has 3 nitrogen and oxygen atoms in total. The molecule has 0 aromatic heterocycles. The second kappa shape index (κ2) is 3.44. The van der Waals surface area contributed by atoms with Crippen LogP contribution < -0.4 is 0 Å². The normalized spacial score (nSPS) is 49.8. The third-order valence-electron chi connectivity index (χ3n) is 4.09. The van der Waals surface area contributed by atoms with Crippen molar-refractivity contribution in [2.45, 2.75) is 63.8 Å². The SMILES string of the molecule is CC1(C)CC(O)C2CCC(O)(CC2O)C1. The Morgan fingerprint density at radius 3 is 2.27 bits per heavy atom. The monoisotopic (exact) mass is 214 g/mol. The highest BCUT2D eigenvalue weighted by molar-refractivity contribution is 4.99. The smallest absolute Gasteiger partial charge is 0.0677 e. The molecular formula is C12H22O3. The summed E-state index contributed by atoms with van der Waals surface area (Å²) in [6, 6.07) is 0. The highest BCUT2D eigenvalue weighted by Crippen LogP contribution is 2.47. The van der Waals surface area contributed by atoms with Crippen molar-refractivity contribution in [1.82, 2.24) is 0 Å². The maximum absolute atomic E-state index is 10.4. The van der Waals surface area contributed by atoms with Crippen LogP contribution in [0.5, 0.6) is 0 Å². The first-order valence-corrected chi connectivity index (χ1v) is 5.90. The summed E-state index contributed by atoms with van der Waals surface area (Å²) in [5.74, 6) is -0.0372. The summed E-state index contributed by atoms with van der Waals surface area (Å²) in [6.07, 6.45) is 2.30. The zero-order valence-corrected chi connectivity index (χ0v) is 9.61. The van der Waals surface area contributed by atoms with Crippen LogP contribution in [0.3, 0.4) is 0 Å². The number of aliphatic hydroxyl groups excluding tert-OH is 2. The molecule has 0 aliphatic heterocycles. The lowest BCUT2D eigenvalue weighted by Crippen LogP contribution is -2.51. The van der Waals surface area contributed by atoms with Gasteiger partial charge in [0, 0.05) is 12.3 Å². The lowest BCUT2D eigenvalue weighted by molar-refractivity contribution is -0.141. The van der Waals surface area contributed by atoms with Crippen molar-refractivity contribution in [3.05, 3.63) is 0 Å². The summed E-state index contributed by atoms with van der Waals surface area (Å²) in [5, 5.41) is 30.3. The average molecular weight is 214 g/mol. The van der Waals surface area contributed by atoms with Crippen LogP contribution in [0.1, 0.15) is 46.0 Å². The van der Waals surface area contributed by atoms with Crippen LogP contribution >= 0.6 is 0 Å². The van der Waals surface area contributed by atoms with Crippen LogP contribution in [0.2, 0.25) is 0 Å². The van der Waals surface area contributed by atoms with Gasteiger partial charge in [0.25, 0.3) is 0 Å². The van der Waals surface area contributed by atoms with Gasteiger partial charge in [-0.15, -0.1) is 0 Å². The minimum Gasteiger partial charge on any atom is -0.393 e. The number of hydrogen-bond acceptors (Lipinski definition) is 3. The second-order valence-electron chi connectivity index (χ2n) is 6.31. The Bertz CT molecular complexity index is 251. The van der Waals surface area contributed by atoms with Gasteiger partial charge in [-0.25, -0.2) is 0 Å². The molecule has 3 N–H and O–H groups in total. The molecular weight excluding hydrogens is 192 g/mol. The molecule has 0 amide bonds. The van der Waals surface area contributed by atoms with E-state index in [-0.39, 0.29) is 11.3 Å². The predicted molar refractivity (Wildman–Crippen MR) is 57.3 cm³/mol. The largest absolute Gasteiger partial charge is 0.393 e. The van der Waals surface area contributed by atoms with Gasteiger partial charge in [-0.05, 0) is 31.1 Å². The van der Waals surface area contributed by atoms with Crippen molar-refractivity contribution in [2.75, 3.05) is 0 Å². The molecule has 15 heavy (non-hydrogen) atoms. The topological polar surface area (TPSA) is 60.7 Å². The number of hydrogen-bond donors (Lipinski definition) is 3. The predicted octanol–water partition coefficient (Wildman–Crippen LogP) is 1.06. The zero-order valence-electron chi connectivity index (χ0n) is 9.61. The van der Waals surface area contributed by atoms with Gasteiger partial charge in [-0.1, -0.05) is 13.8 Å².